The average Bonchev–Trinajstić information content (AvgIpc) is 2.35. The van der Waals surface area contributed by atoms with Gasteiger partial charge in [-0.1, -0.05) is 23.2 Å². The Hall–Kier alpha value is -1.45. The summed E-state index contributed by atoms with van der Waals surface area (Å²) in [6.45, 7) is 0. The van der Waals surface area contributed by atoms with Crippen LogP contribution in [-0.2, 0) is 0 Å². The van der Waals surface area contributed by atoms with Crippen molar-refractivity contribution in [2.75, 3.05) is 7.11 Å². The number of methoxy groups -OCH3 is 1. The predicted molar refractivity (Wildman–Crippen MR) is 67.3 cm³/mol. The molecule has 0 aliphatic carbocycles. The fourth-order valence-corrected chi connectivity index (χ4v) is 1.51. The maximum atomic E-state index is 5.93. The smallest absolute Gasteiger partial charge is 0.239 e. The third-order valence-electron chi connectivity index (χ3n) is 2.05. The summed E-state index contributed by atoms with van der Waals surface area (Å²) >= 11 is 11.7. The lowest BCUT2D eigenvalue weighted by Crippen LogP contribution is -1.89. The van der Waals surface area contributed by atoms with Gasteiger partial charge < -0.3 is 9.47 Å². The fraction of sp³-hybridized carbons (Fsp3) is 0.0833. The van der Waals surface area contributed by atoms with Crippen LogP contribution in [0.4, 0.5) is 0 Å². The van der Waals surface area contributed by atoms with Crippen molar-refractivity contribution < 1.29 is 9.47 Å². The summed E-state index contributed by atoms with van der Waals surface area (Å²) in [5.74, 6) is 1.65. The van der Waals surface area contributed by atoms with Crippen LogP contribution >= 0.6 is 23.2 Å². The lowest BCUT2D eigenvalue weighted by atomic mass is 10.3. The average molecular weight is 270 g/mol. The molecule has 0 amide bonds. The van der Waals surface area contributed by atoms with Crippen LogP contribution in [0.1, 0.15) is 0 Å². The van der Waals surface area contributed by atoms with E-state index in [2.05, 4.69) is 4.98 Å². The molecule has 5 heteroatoms. The van der Waals surface area contributed by atoms with E-state index in [0.29, 0.717) is 15.9 Å². The lowest BCUT2D eigenvalue weighted by molar-refractivity contribution is 0.412. The zero-order chi connectivity index (χ0) is 12.3. The Bertz CT molecular complexity index is 514. The van der Waals surface area contributed by atoms with E-state index in [0.717, 1.165) is 5.75 Å². The molecule has 1 aromatic heterocycles. The molecule has 2 aromatic rings. The third-order valence-corrected chi connectivity index (χ3v) is 2.55. The lowest BCUT2D eigenvalue weighted by Gasteiger charge is -2.07. The van der Waals surface area contributed by atoms with Gasteiger partial charge in [0.2, 0.25) is 5.88 Å². The summed E-state index contributed by atoms with van der Waals surface area (Å²) in [5.41, 5.74) is 0. The Morgan fingerprint density at radius 1 is 0.941 bits per heavy atom. The van der Waals surface area contributed by atoms with E-state index >= 15 is 0 Å². The van der Waals surface area contributed by atoms with Crippen LogP contribution in [0, 0.1) is 0 Å². The van der Waals surface area contributed by atoms with Gasteiger partial charge in [0, 0.05) is 0 Å². The Balaban J connectivity index is 2.22. The van der Waals surface area contributed by atoms with Gasteiger partial charge in [0.1, 0.15) is 21.7 Å². The molecule has 1 heterocycles. The first-order chi connectivity index (χ1) is 8.19. The molecule has 0 fully saturated rings. The second-order valence-corrected chi connectivity index (χ2v) is 3.99. The van der Waals surface area contributed by atoms with Crippen LogP contribution in [0.5, 0.6) is 17.4 Å². The molecule has 0 aliphatic rings. The molecule has 3 nitrogen and oxygen atoms in total. The van der Waals surface area contributed by atoms with Gasteiger partial charge in [-0.05, 0) is 36.4 Å². The highest BCUT2D eigenvalue weighted by Gasteiger charge is 2.05. The van der Waals surface area contributed by atoms with Crippen molar-refractivity contribution in [3.05, 3.63) is 46.6 Å². The van der Waals surface area contributed by atoms with Crippen molar-refractivity contribution >= 4 is 23.2 Å². The second-order valence-electron chi connectivity index (χ2n) is 3.20. The van der Waals surface area contributed by atoms with Crippen molar-refractivity contribution in [3.8, 4) is 17.4 Å². The number of halogens is 2. The van der Waals surface area contributed by atoms with Crippen LogP contribution in [-0.4, -0.2) is 12.1 Å². The van der Waals surface area contributed by atoms with E-state index in [1.165, 1.54) is 0 Å². The molecule has 2 rings (SSSR count). The predicted octanol–water partition coefficient (Wildman–Crippen LogP) is 4.19. The monoisotopic (exact) mass is 269 g/mol. The summed E-state index contributed by atoms with van der Waals surface area (Å²) in [6, 6.07) is 10.3. The van der Waals surface area contributed by atoms with Gasteiger partial charge in [-0.3, -0.25) is 0 Å². The van der Waals surface area contributed by atoms with Gasteiger partial charge in [-0.25, -0.2) is 0 Å². The van der Waals surface area contributed by atoms with Crippen LogP contribution in [0.15, 0.2) is 36.4 Å². The first kappa shape index (κ1) is 12.0. The van der Waals surface area contributed by atoms with Crippen molar-refractivity contribution in [2.45, 2.75) is 0 Å². The van der Waals surface area contributed by atoms with E-state index in [4.69, 9.17) is 32.7 Å². The number of hydrogen-bond acceptors (Lipinski definition) is 3. The quantitative estimate of drug-likeness (QED) is 0.783. The number of rotatable bonds is 3. The molecule has 0 unspecified atom stereocenters. The van der Waals surface area contributed by atoms with Crippen molar-refractivity contribution in [3.63, 3.8) is 0 Å². The topological polar surface area (TPSA) is 31.4 Å². The molecule has 0 radical (unpaired) electrons. The molecule has 0 saturated heterocycles. The summed E-state index contributed by atoms with van der Waals surface area (Å²) in [7, 11) is 1.60. The second kappa shape index (κ2) is 5.25. The number of ether oxygens (including phenoxy) is 2. The first-order valence-electron chi connectivity index (χ1n) is 4.83. The molecular weight excluding hydrogens is 261 g/mol. The SMILES string of the molecule is COc1ccc(Oc2nc(Cl)ccc2Cl)cc1. The molecule has 0 spiro atoms. The molecule has 88 valence electrons. The summed E-state index contributed by atoms with van der Waals surface area (Å²) in [6.07, 6.45) is 0. The minimum atomic E-state index is 0.282. The normalized spacial score (nSPS) is 10.1. The van der Waals surface area contributed by atoms with Gasteiger partial charge >= 0.3 is 0 Å². The summed E-state index contributed by atoms with van der Waals surface area (Å²) in [5, 5.41) is 0.739. The van der Waals surface area contributed by atoms with Crippen molar-refractivity contribution in [1.29, 1.82) is 0 Å². The Kier molecular flexibility index (Phi) is 3.71. The molecule has 0 saturated carbocycles. The van der Waals surface area contributed by atoms with E-state index in [1.54, 1.807) is 43.5 Å². The Morgan fingerprint density at radius 3 is 2.24 bits per heavy atom. The van der Waals surface area contributed by atoms with E-state index in [-0.39, 0.29) is 5.88 Å². The maximum absolute atomic E-state index is 5.93. The fourth-order valence-electron chi connectivity index (χ4n) is 1.23. The Labute approximate surface area is 109 Å². The number of aromatic nitrogens is 1. The summed E-state index contributed by atoms with van der Waals surface area (Å²) in [4.78, 5) is 3.99. The number of nitrogens with zero attached hydrogens (tertiary/aromatic N) is 1. The van der Waals surface area contributed by atoms with Gasteiger partial charge in [0.05, 0.1) is 7.11 Å². The highest BCUT2D eigenvalue weighted by atomic mass is 35.5. The zero-order valence-corrected chi connectivity index (χ0v) is 10.5. The molecule has 0 N–H and O–H groups in total. The van der Waals surface area contributed by atoms with Gasteiger partial charge in [-0.2, -0.15) is 4.98 Å². The standard InChI is InChI=1S/C12H9Cl2NO2/c1-16-8-2-4-9(5-3-8)17-12-10(13)6-7-11(14)15-12/h2-7H,1H3. The molecule has 0 aliphatic heterocycles. The van der Waals surface area contributed by atoms with Crippen LogP contribution in [0.25, 0.3) is 0 Å². The molecule has 0 atom stereocenters. The third kappa shape index (κ3) is 3.02. The highest BCUT2D eigenvalue weighted by Crippen LogP contribution is 2.29. The Morgan fingerprint density at radius 2 is 1.59 bits per heavy atom. The van der Waals surface area contributed by atoms with E-state index in [1.807, 2.05) is 0 Å². The van der Waals surface area contributed by atoms with Gasteiger partial charge in [0.15, 0.2) is 0 Å². The zero-order valence-electron chi connectivity index (χ0n) is 8.98. The highest BCUT2D eigenvalue weighted by molar-refractivity contribution is 6.33. The van der Waals surface area contributed by atoms with E-state index in [9.17, 15) is 0 Å². The molecule has 0 bridgehead atoms. The van der Waals surface area contributed by atoms with Crippen LogP contribution in [0.3, 0.4) is 0 Å². The van der Waals surface area contributed by atoms with Crippen molar-refractivity contribution in [1.82, 2.24) is 4.98 Å². The van der Waals surface area contributed by atoms with Crippen molar-refractivity contribution in [2.24, 2.45) is 0 Å². The number of benzene rings is 1. The maximum Gasteiger partial charge on any atom is 0.239 e. The van der Waals surface area contributed by atoms with Gasteiger partial charge in [-0.15, -0.1) is 0 Å². The van der Waals surface area contributed by atoms with Crippen LogP contribution < -0.4 is 9.47 Å². The van der Waals surface area contributed by atoms with Crippen LogP contribution in [0.2, 0.25) is 10.2 Å². The molecular formula is C12H9Cl2NO2. The summed E-state index contributed by atoms with van der Waals surface area (Å²) < 4.78 is 10.6. The largest absolute Gasteiger partial charge is 0.497 e. The number of pyridine rings is 1. The first-order valence-corrected chi connectivity index (χ1v) is 5.58. The van der Waals surface area contributed by atoms with Gasteiger partial charge in [0.25, 0.3) is 0 Å². The minimum absolute atomic E-state index is 0.282. The molecule has 1 aromatic carbocycles. The number of hydrogen-bond donors (Lipinski definition) is 0. The molecule has 17 heavy (non-hydrogen) atoms. The van der Waals surface area contributed by atoms with E-state index < -0.39 is 0 Å². The minimum Gasteiger partial charge on any atom is -0.497 e.